The van der Waals surface area contributed by atoms with Crippen LogP contribution in [0, 0.1) is 6.92 Å². The lowest BCUT2D eigenvalue weighted by Gasteiger charge is -2.13. The van der Waals surface area contributed by atoms with Gasteiger partial charge in [-0.15, -0.1) is 10.2 Å². The first-order valence-electron chi connectivity index (χ1n) is 8.96. The average molecular weight is 395 g/mol. The molecule has 1 amide bonds. The summed E-state index contributed by atoms with van der Waals surface area (Å²) >= 11 is 1.37. The lowest BCUT2D eigenvalue weighted by atomic mass is 10.1. The van der Waals surface area contributed by atoms with Gasteiger partial charge in [0.1, 0.15) is 5.82 Å². The van der Waals surface area contributed by atoms with Gasteiger partial charge in [0.15, 0.2) is 10.9 Å². The zero-order valence-corrected chi connectivity index (χ0v) is 16.9. The van der Waals surface area contributed by atoms with Crippen LogP contribution >= 0.6 is 11.8 Å². The van der Waals surface area contributed by atoms with E-state index in [0.29, 0.717) is 23.0 Å². The summed E-state index contributed by atoms with van der Waals surface area (Å²) in [5.74, 6) is 0.668. The molecular formula is C21H22N4O2S. The minimum atomic E-state index is -0.356. The van der Waals surface area contributed by atoms with E-state index in [2.05, 4.69) is 27.6 Å². The molecule has 1 aromatic heterocycles. The molecule has 1 atom stereocenters. The van der Waals surface area contributed by atoms with Crippen molar-refractivity contribution >= 4 is 29.1 Å². The summed E-state index contributed by atoms with van der Waals surface area (Å²) in [5.41, 5.74) is 2.42. The highest BCUT2D eigenvalue weighted by Gasteiger charge is 2.19. The van der Waals surface area contributed by atoms with Crippen molar-refractivity contribution in [3.05, 3.63) is 71.5 Å². The summed E-state index contributed by atoms with van der Waals surface area (Å²) in [4.78, 5) is 23.9. The molecule has 0 radical (unpaired) electrons. The van der Waals surface area contributed by atoms with Crippen molar-refractivity contribution in [2.75, 3.05) is 5.32 Å². The minimum absolute atomic E-state index is 0.00470. The van der Waals surface area contributed by atoms with E-state index in [-0.39, 0.29) is 16.9 Å². The summed E-state index contributed by atoms with van der Waals surface area (Å²) in [5, 5.41) is 11.6. The molecule has 3 aromatic rings. The van der Waals surface area contributed by atoms with Crippen LogP contribution < -0.4 is 5.32 Å². The number of ketones is 1. The van der Waals surface area contributed by atoms with Gasteiger partial charge in [-0.05, 0) is 50.6 Å². The number of hydrogen-bond donors (Lipinski definition) is 1. The third-order valence-electron chi connectivity index (χ3n) is 4.30. The fraction of sp³-hybridized carbons (Fsp3) is 0.238. The maximum absolute atomic E-state index is 12.6. The molecule has 1 N–H and O–H groups in total. The Labute approximate surface area is 168 Å². The molecule has 2 aromatic carbocycles. The van der Waals surface area contributed by atoms with Gasteiger partial charge in [-0.25, -0.2) is 0 Å². The first-order valence-corrected chi connectivity index (χ1v) is 9.84. The highest BCUT2D eigenvalue weighted by atomic mass is 32.2. The molecule has 3 rings (SSSR count). The number of aryl methyl sites for hydroxylation is 1. The van der Waals surface area contributed by atoms with Gasteiger partial charge < -0.3 is 9.88 Å². The summed E-state index contributed by atoms with van der Waals surface area (Å²) < 4.78 is 2.01. The quantitative estimate of drug-likeness (QED) is 0.485. The maximum Gasteiger partial charge on any atom is 0.237 e. The Morgan fingerprint density at radius 1 is 1.07 bits per heavy atom. The molecule has 0 saturated heterocycles. The van der Waals surface area contributed by atoms with E-state index in [9.17, 15) is 9.59 Å². The molecular weight excluding hydrogens is 372 g/mol. The van der Waals surface area contributed by atoms with Crippen LogP contribution in [-0.2, 0) is 11.3 Å². The molecule has 0 aliphatic heterocycles. The number of thioether (sulfide) groups is 1. The molecule has 6 nitrogen and oxygen atoms in total. The molecule has 0 saturated carbocycles. The van der Waals surface area contributed by atoms with Gasteiger partial charge in [0, 0.05) is 11.3 Å². The Hall–Kier alpha value is -2.93. The number of Topliss-reactive ketones (excluding diaryl/α,β-unsaturated/α-hetero) is 1. The van der Waals surface area contributed by atoms with Gasteiger partial charge in [0.05, 0.1) is 11.8 Å². The number of nitrogens with zero attached hydrogens (tertiary/aromatic N) is 3. The highest BCUT2D eigenvalue weighted by Crippen LogP contribution is 2.24. The zero-order chi connectivity index (χ0) is 20.1. The van der Waals surface area contributed by atoms with Crippen molar-refractivity contribution in [3.63, 3.8) is 0 Å². The van der Waals surface area contributed by atoms with Crippen LogP contribution in [0.4, 0.5) is 5.69 Å². The second-order valence-electron chi connectivity index (χ2n) is 6.48. The van der Waals surface area contributed by atoms with E-state index in [1.807, 2.05) is 36.6 Å². The van der Waals surface area contributed by atoms with Crippen molar-refractivity contribution < 1.29 is 9.59 Å². The monoisotopic (exact) mass is 394 g/mol. The first-order chi connectivity index (χ1) is 13.4. The lowest BCUT2D eigenvalue weighted by Crippen LogP contribution is -2.23. The normalized spacial score (nSPS) is 11.8. The van der Waals surface area contributed by atoms with Crippen molar-refractivity contribution in [2.45, 2.75) is 37.7 Å². The summed E-state index contributed by atoms with van der Waals surface area (Å²) in [6.45, 7) is 5.91. The molecule has 0 fully saturated rings. The summed E-state index contributed by atoms with van der Waals surface area (Å²) in [6, 6.07) is 16.9. The van der Waals surface area contributed by atoms with Gasteiger partial charge in [0.25, 0.3) is 0 Å². The zero-order valence-electron chi connectivity index (χ0n) is 16.0. The Morgan fingerprint density at radius 3 is 2.39 bits per heavy atom. The Morgan fingerprint density at radius 2 is 1.75 bits per heavy atom. The van der Waals surface area contributed by atoms with Crippen LogP contribution in [-0.4, -0.2) is 31.7 Å². The van der Waals surface area contributed by atoms with Crippen molar-refractivity contribution in [3.8, 4) is 0 Å². The number of anilines is 1. The third-order valence-corrected chi connectivity index (χ3v) is 5.38. The lowest BCUT2D eigenvalue weighted by molar-refractivity contribution is -0.115. The Bertz CT molecular complexity index is 968. The third kappa shape index (κ3) is 4.86. The van der Waals surface area contributed by atoms with Crippen LogP contribution in [0.1, 0.15) is 35.6 Å². The van der Waals surface area contributed by atoms with Crippen LogP contribution in [0.5, 0.6) is 0 Å². The molecule has 0 aliphatic rings. The fourth-order valence-electron chi connectivity index (χ4n) is 2.64. The molecule has 0 bridgehead atoms. The van der Waals surface area contributed by atoms with E-state index in [4.69, 9.17) is 0 Å². The second kappa shape index (κ2) is 8.84. The minimum Gasteiger partial charge on any atom is -0.325 e. The van der Waals surface area contributed by atoms with Crippen molar-refractivity contribution in [1.82, 2.24) is 14.8 Å². The van der Waals surface area contributed by atoms with Crippen LogP contribution in [0.25, 0.3) is 0 Å². The number of nitrogens with one attached hydrogen (secondary N) is 1. The van der Waals surface area contributed by atoms with Gasteiger partial charge in [-0.2, -0.15) is 0 Å². The second-order valence-corrected chi connectivity index (χ2v) is 7.79. The van der Waals surface area contributed by atoms with Crippen molar-refractivity contribution in [1.29, 1.82) is 0 Å². The molecule has 1 heterocycles. The number of carbonyl (C=O) groups is 2. The highest BCUT2D eigenvalue weighted by molar-refractivity contribution is 8.00. The number of hydrogen-bond acceptors (Lipinski definition) is 5. The average Bonchev–Trinajstić information content (AvgIpc) is 3.02. The molecule has 0 spiro atoms. The molecule has 1 unspecified atom stereocenters. The number of aromatic nitrogens is 3. The maximum atomic E-state index is 12.6. The summed E-state index contributed by atoms with van der Waals surface area (Å²) in [7, 11) is 0. The van der Waals surface area contributed by atoms with E-state index >= 15 is 0 Å². The Balaban J connectivity index is 1.66. The van der Waals surface area contributed by atoms with Gasteiger partial charge in [-0.1, -0.05) is 42.1 Å². The molecule has 28 heavy (non-hydrogen) atoms. The van der Waals surface area contributed by atoms with Crippen LogP contribution in [0.2, 0.25) is 0 Å². The number of amides is 1. The predicted octanol–water partition coefficient (Wildman–Crippen LogP) is 3.96. The largest absolute Gasteiger partial charge is 0.325 e. The van der Waals surface area contributed by atoms with E-state index in [1.54, 1.807) is 24.3 Å². The smallest absolute Gasteiger partial charge is 0.237 e. The van der Waals surface area contributed by atoms with Crippen LogP contribution in [0.15, 0.2) is 59.8 Å². The van der Waals surface area contributed by atoms with E-state index in [0.717, 1.165) is 11.4 Å². The topological polar surface area (TPSA) is 76.9 Å². The van der Waals surface area contributed by atoms with E-state index in [1.165, 1.54) is 18.7 Å². The number of rotatable bonds is 7. The molecule has 0 aliphatic carbocycles. The summed E-state index contributed by atoms with van der Waals surface area (Å²) in [6.07, 6.45) is 0. The van der Waals surface area contributed by atoms with Gasteiger partial charge in [-0.3, -0.25) is 9.59 Å². The number of benzene rings is 2. The molecule has 144 valence electrons. The van der Waals surface area contributed by atoms with Crippen LogP contribution in [0.3, 0.4) is 0 Å². The predicted molar refractivity (Wildman–Crippen MR) is 111 cm³/mol. The van der Waals surface area contributed by atoms with E-state index < -0.39 is 0 Å². The Kier molecular flexibility index (Phi) is 6.26. The van der Waals surface area contributed by atoms with Gasteiger partial charge >= 0.3 is 0 Å². The number of carbonyl (C=O) groups excluding carboxylic acids is 2. The SMILES string of the molecule is CC(=O)c1ccc(NC(=O)C(C)Sc2nnc(C)n2Cc2ccccc2)cc1. The first kappa shape index (κ1) is 19.8. The molecule has 7 heteroatoms. The van der Waals surface area contributed by atoms with Crippen molar-refractivity contribution in [2.24, 2.45) is 0 Å². The standard InChI is InChI=1S/C21H22N4O2S/c1-14(26)18-9-11-19(12-10-18)22-20(27)15(2)28-21-24-23-16(3)25(21)13-17-7-5-4-6-8-17/h4-12,15H,13H2,1-3H3,(H,22,27). The fourth-order valence-corrected chi connectivity index (χ4v) is 3.53. The van der Waals surface area contributed by atoms with Gasteiger partial charge in [0.2, 0.25) is 5.91 Å².